The molecule has 1 unspecified atom stereocenters. The number of fused-ring (bicyclic) bond motifs is 1. The summed E-state index contributed by atoms with van der Waals surface area (Å²) in [6.45, 7) is 1.89. The zero-order chi connectivity index (χ0) is 16.8. The minimum atomic E-state index is -1.06. The molecule has 1 N–H and O–H groups in total. The molecule has 2 heterocycles. The summed E-state index contributed by atoms with van der Waals surface area (Å²) in [6.07, 6.45) is 2.48. The molecule has 1 amide bonds. The van der Waals surface area contributed by atoms with E-state index in [0.29, 0.717) is 21.8 Å². The van der Waals surface area contributed by atoms with Gasteiger partial charge in [-0.2, -0.15) is 0 Å². The molecule has 0 radical (unpaired) electrons. The van der Waals surface area contributed by atoms with Crippen LogP contribution in [-0.2, 0) is 4.79 Å². The van der Waals surface area contributed by atoms with Crippen molar-refractivity contribution in [1.29, 1.82) is 0 Å². The van der Waals surface area contributed by atoms with E-state index in [4.69, 9.17) is 0 Å². The Morgan fingerprint density at radius 1 is 1.38 bits per heavy atom. The summed E-state index contributed by atoms with van der Waals surface area (Å²) in [7, 11) is 0. The van der Waals surface area contributed by atoms with Crippen molar-refractivity contribution >= 4 is 32.6 Å². The second-order valence-electron chi connectivity index (χ2n) is 5.86. The largest absolute Gasteiger partial charge is 0.302 e. The molecule has 1 saturated carbocycles. The van der Waals surface area contributed by atoms with Crippen molar-refractivity contribution in [2.45, 2.75) is 19.5 Å². The minimum Gasteiger partial charge on any atom is -0.302 e. The van der Waals surface area contributed by atoms with Crippen LogP contribution < -0.4 is 5.32 Å². The van der Waals surface area contributed by atoms with E-state index in [1.165, 1.54) is 17.4 Å². The Hall–Kier alpha value is -2.41. The fourth-order valence-electron chi connectivity index (χ4n) is 2.59. The highest BCUT2D eigenvalue weighted by Gasteiger charge is 2.43. The third-order valence-corrected chi connectivity index (χ3v) is 5.02. The average molecular weight is 345 g/mol. The molecule has 2 aromatic heterocycles. The molecule has 122 valence electrons. The van der Waals surface area contributed by atoms with Crippen molar-refractivity contribution in [2.24, 2.45) is 5.92 Å². The fourth-order valence-corrected chi connectivity index (χ4v) is 3.48. The Balaban J connectivity index is 1.70. The molecular formula is C17H13F2N3OS. The van der Waals surface area contributed by atoms with Crippen LogP contribution in [0.3, 0.4) is 0 Å². The lowest BCUT2D eigenvalue weighted by molar-refractivity contribution is -0.117. The van der Waals surface area contributed by atoms with Gasteiger partial charge in [0, 0.05) is 29.6 Å². The monoisotopic (exact) mass is 345 g/mol. The third-order valence-electron chi connectivity index (χ3n) is 4.09. The van der Waals surface area contributed by atoms with E-state index in [2.05, 4.69) is 15.3 Å². The first-order valence-electron chi connectivity index (χ1n) is 7.49. The van der Waals surface area contributed by atoms with Crippen LogP contribution in [0.5, 0.6) is 0 Å². The van der Waals surface area contributed by atoms with Gasteiger partial charge in [0.05, 0.1) is 16.1 Å². The molecule has 0 saturated heterocycles. The summed E-state index contributed by atoms with van der Waals surface area (Å²) in [5, 5.41) is 2.96. The Morgan fingerprint density at radius 3 is 2.88 bits per heavy atom. The molecule has 4 rings (SSSR count). The van der Waals surface area contributed by atoms with E-state index in [1.807, 2.05) is 13.0 Å². The highest BCUT2D eigenvalue weighted by molar-refractivity contribution is 7.22. The van der Waals surface area contributed by atoms with Gasteiger partial charge in [-0.25, -0.2) is 13.8 Å². The van der Waals surface area contributed by atoms with Crippen molar-refractivity contribution in [3.05, 3.63) is 42.0 Å². The minimum absolute atomic E-state index is 0.260. The number of hydrogen-bond acceptors (Lipinski definition) is 4. The second-order valence-corrected chi connectivity index (χ2v) is 6.89. The molecule has 7 heteroatoms. The number of alkyl halides is 1. The van der Waals surface area contributed by atoms with Crippen LogP contribution in [0.2, 0.25) is 0 Å². The van der Waals surface area contributed by atoms with Crippen LogP contribution in [0.25, 0.3) is 21.3 Å². The summed E-state index contributed by atoms with van der Waals surface area (Å²) >= 11 is 1.24. The predicted molar refractivity (Wildman–Crippen MR) is 89.2 cm³/mol. The van der Waals surface area contributed by atoms with Crippen molar-refractivity contribution in [2.75, 3.05) is 5.32 Å². The van der Waals surface area contributed by atoms with Crippen LogP contribution in [-0.4, -0.2) is 22.0 Å². The van der Waals surface area contributed by atoms with Gasteiger partial charge in [-0.3, -0.25) is 9.78 Å². The number of halogens is 2. The summed E-state index contributed by atoms with van der Waals surface area (Å²) in [6, 6.07) is 4.87. The number of carbonyl (C=O) groups is 1. The summed E-state index contributed by atoms with van der Waals surface area (Å²) in [5.41, 5.74) is 2.55. The van der Waals surface area contributed by atoms with Gasteiger partial charge in [0.1, 0.15) is 12.0 Å². The number of aromatic nitrogens is 2. The highest BCUT2D eigenvalue weighted by atomic mass is 32.1. The maximum atomic E-state index is 14.4. The quantitative estimate of drug-likeness (QED) is 0.777. The maximum absolute atomic E-state index is 14.4. The van der Waals surface area contributed by atoms with Gasteiger partial charge in [0.15, 0.2) is 5.13 Å². The number of amides is 1. The van der Waals surface area contributed by atoms with Crippen molar-refractivity contribution in [1.82, 2.24) is 9.97 Å². The van der Waals surface area contributed by atoms with Gasteiger partial charge in [0.2, 0.25) is 5.91 Å². The first-order valence-corrected chi connectivity index (χ1v) is 8.30. The molecule has 4 nitrogen and oxygen atoms in total. The van der Waals surface area contributed by atoms with Crippen LogP contribution in [0, 0.1) is 18.7 Å². The van der Waals surface area contributed by atoms with E-state index in [-0.39, 0.29) is 12.3 Å². The number of nitrogens with zero attached hydrogens (tertiary/aromatic N) is 2. The van der Waals surface area contributed by atoms with Gasteiger partial charge in [-0.1, -0.05) is 11.3 Å². The van der Waals surface area contributed by atoms with Crippen LogP contribution in [0.4, 0.5) is 13.9 Å². The number of rotatable bonds is 3. The van der Waals surface area contributed by atoms with Crippen molar-refractivity contribution in [3.63, 3.8) is 0 Å². The lowest BCUT2D eigenvalue weighted by Crippen LogP contribution is -2.14. The number of anilines is 1. The van der Waals surface area contributed by atoms with Gasteiger partial charge in [-0.05, 0) is 31.0 Å². The number of nitrogens with one attached hydrogen (secondary N) is 1. The lowest BCUT2D eigenvalue weighted by Gasteiger charge is -2.06. The molecule has 0 bridgehead atoms. The second kappa shape index (κ2) is 5.59. The number of carbonyl (C=O) groups excluding carboxylic acids is 1. The first kappa shape index (κ1) is 15.1. The number of aryl methyl sites for hydroxylation is 1. The molecular weight excluding hydrogens is 332 g/mol. The smallest absolute Gasteiger partial charge is 0.232 e. The predicted octanol–water partition coefficient (Wildman–Crippen LogP) is 4.10. The Kier molecular flexibility index (Phi) is 3.53. The van der Waals surface area contributed by atoms with Gasteiger partial charge >= 0.3 is 0 Å². The number of hydrogen-bond donors (Lipinski definition) is 1. The SMILES string of the molecule is Cc1ccncc1-c1cc2sc(NC(=O)[C@@H]3CC3F)nc2cc1F. The molecule has 1 fully saturated rings. The number of benzene rings is 1. The number of thiazole rings is 1. The maximum Gasteiger partial charge on any atom is 0.232 e. The third kappa shape index (κ3) is 2.65. The molecule has 1 aliphatic carbocycles. The Bertz CT molecular complexity index is 956. The standard InChI is InChI=1S/C17H13F2N3OS/c1-8-2-3-20-7-11(8)9-5-15-14(6-13(9)19)21-17(24-15)22-16(23)10-4-12(10)18/h2-3,5-7,10,12H,4H2,1H3,(H,21,22,23)/t10-,12?/m1/s1. The Morgan fingerprint density at radius 2 is 2.17 bits per heavy atom. The molecule has 2 atom stereocenters. The molecule has 0 aliphatic heterocycles. The summed E-state index contributed by atoms with van der Waals surface area (Å²) in [4.78, 5) is 20.1. The average Bonchev–Trinajstić information content (AvgIpc) is 3.15. The van der Waals surface area contributed by atoms with E-state index < -0.39 is 17.9 Å². The van der Waals surface area contributed by atoms with Gasteiger partial charge in [-0.15, -0.1) is 0 Å². The first-order chi connectivity index (χ1) is 11.5. The molecule has 0 spiro atoms. The summed E-state index contributed by atoms with van der Waals surface area (Å²) < 4.78 is 28.1. The highest BCUT2D eigenvalue weighted by Crippen LogP contribution is 2.37. The zero-order valence-corrected chi connectivity index (χ0v) is 13.5. The molecule has 1 aliphatic rings. The van der Waals surface area contributed by atoms with Crippen molar-refractivity contribution in [3.8, 4) is 11.1 Å². The van der Waals surface area contributed by atoms with E-state index >= 15 is 0 Å². The lowest BCUT2D eigenvalue weighted by atomic mass is 10.0. The van der Waals surface area contributed by atoms with Gasteiger partial charge in [0.25, 0.3) is 0 Å². The topological polar surface area (TPSA) is 54.9 Å². The van der Waals surface area contributed by atoms with E-state index in [0.717, 1.165) is 10.3 Å². The van der Waals surface area contributed by atoms with E-state index in [9.17, 15) is 13.6 Å². The summed E-state index contributed by atoms with van der Waals surface area (Å²) in [5.74, 6) is -1.35. The number of pyridine rings is 1. The fraction of sp³-hybridized carbons (Fsp3) is 0.235. The van der Waals surface area contributed by atoms with Crippen LogP contribution >= 0.6 is 11.3 Å². The van der Waals surface area contributed by atoms with E-state index in [1.54, 1.807) is 18.5 Å². The molecule has 3 aromatic rings. The van der Waals surface area contributed by atoms with Crippen LogP contribution in [0.1, 0.15) is 12.0 Å². The molecule has 24 heavy (non-hydrogen) atoms. The van der Waals surface area contributed by atoms with Gasteiger partial charge < -0.3 is 5.32 Å². The molecule has 1 aromatic carbocycles. The van der Waals surface area contributed by atoms with Crippen molar-refractivity contribution < 1.29 is 13.6 Å². The van der Waals surface area contributed by atoms with Crippen LogP contribution in [0.15, 0.2) is 30.6 Å². The normalized spacial score (nSPS) is 19.5. The Labute approximate surface area is 140 Å². The zero-order valence-electron chi connectivity index (χ0n) is 12.7.